The summed E-state index contributed by atoms with van der Waals surface area (Å²) in [5.74, 6) is -0.520. The van der Waals surface area contributed by atoms with E-state index in [0.29, 0.717) is 12.8 Å². The standard InChI is InChI=1S/C10H11F3N4O3S/c11-10(12,13)4-20-9(19)17-3-1-2-6(17)7(18)15-8-16-14-5-21-8/h5-6H,1-4H2,(H,15,16,18). The van der Waals surface area contributed by atoms with Crippen molar-refractivity contribution in [2.24, 2.45) is 0 Å². The van der Waals surface area contributed by atoms with E-state index in [1.54, 1.807) is 0 Å². The SMILES string of the molecule is O=C(Nc1nncs1)C1CCCN1C(=O)OCC(F)(F)F. The molecule has 7 nitrogen and oxygen atoms in total. The lowest BCUT2D eigenvalue weighted by Gasteiger charge is -2.23. The van der Waals surface area contributed by atoms with Crippen LogP contribution in [0.4, 0.5) is 23.1 Å². The van der Waals surface area contributed by atoms with Crippen molar-refractivity contribution in [1.29, 1.82) is 0 Å². The first-order valence-electron chi connectivity index (χ1n) is 5.94. The van der Waals surface area contributed by atoms with Crippen LogP contribution in [0.2, 0.25) is 0 Å². The molecule has 0 saturated carbocycles. The quantitative estimate of drug-likeness (QED) is 0.914. The van der Waals surface area contributed by atoms with Crippen molar-refractivity contribution in [2.45, 2.75) is 25.1 Å². The molecule has 0 aromatic carbocycles. The van der Waals surface area contributed by atoms with Crippen LogP contribution in [0, 0.1) is 0 Å². The summed E-state index contributed by atoms with van der Waals surface area (Å²) in [5.41, 5.74) is 1.42. The third kappa shape index (κ3) is 4.28. The average Bonchev–Trinajstić information content (AvgIpc) is 3.05. The summed E-state index contributed by atoms with van der Waals surface area (Å²) >= 11 is 1.10. The van der Waals surface area contributed by atoms with Crippen molar-refractivity contribution in [3.63, 3.8) is 0 Å². The van der Waals surface area contributed by atoms with Crippen LogP contribution in [0.25, 0.3) is 0 Å². The summed E-state index contributed by atoms with van der Waals surface area (Å²) in [4.78, 5) is 24.6. The third-order valence-electron chi connectivity index (χ3n) is 2.74. The molecule has 1 aromatic heterocycles. The number of rotatable bonds is 3. The van der Waals surface area contributed by atoms with Gasteiger partial charge in [0.1, 0.15) is 11.6 Å². The molecule has 2 rings (SSSR count). The summed E-state index contributed by atoms with van der Waals surface area (Å²) in [7, 11) is 0. The Hall–Kier alpha value is -1.91. The molecular formula is C10H11F3N4O3S. The number of halogens is 3. The predicted octanol–water partition coefficient (Wildman–Crippen LogP) is 1.64. The van der Waals surface area contributed by atoms with Crippen molar-refractivity contribution in [1.82, 2.24) is 15.1 Å². The van der Waals surface area contributed by atoms with Crippen molar-refractivity contribution < 1.29 is 27.5 Å². The maximum atomic E-state index is 12.0. The van der Waals surface area contributed by atoms with E-state index in [1.165, 1.54) is 5.51 Å². The molecule has 21 heavy (non-hydrogen) atoms. The fourth-order valence-corrected chi connectivity index (χ4v) is 2.35. The second kappa shape index (κ2) is 6.24. The minimum absolute atomic E-state index is 0.172. The van der Waals surface area contributed by atoms with Crippen LogP contribution in [0.1, 0.15) is 12.8 Å². The van der Waals surface area contributed by atoms with Crippen molar-refractivity contribution in [3.05, 3.63) is 5.51 Å². The number of likely N-dealkylation sites (tertiary alicyclic amines) is 1. The number of hydrogen-bond acceptors (Lipinski definition) is 6. The van der Waals surface area contributed by atoms with Gasteiger partial charge in [-0.05, 0) is 12.8 Å². The molecule has 1 aliphatic heterocycles. The van der Waals surface area contributed by atoms with Crippen LogP contribution in [-0.4, -0.2) is 52.5 Å². The van der Waals surface area contributed by atoms with E-state index < -0.39 is 30.8 Å². The molecular weight excluding hydrogens is 313 g/mol. The van der Waals surface area contributed by atoms with Gasteiger partial charge in [0.25, 0.3) is 0 Å². The number of nitrogens with zero attached hydrogens (tertiary/aromatic N) is 3. The maximum absolute atomic E-state index is 12.0. The van der Waals surface area contributed by atoms with Crippen molar-refractivity contribution in [2.75, 3.05) is 18.5 Å². The zero-order valence-corrected chi connectivity index (χ0v) is 11.4. The smallest absolute Gasteiger partial charge is 0.422 e. The first kappa shape index (κ1) is 15.5. The van der Waals surface area contributed by atoms with Gasteiger partial charge in [-0.3, -0.25) is 15.0 Å². The molecule has 1 unspecified atom stereocenters. The van der Waals surface area contributed by atoms with E-state index in [1.807, 2.05) is 0 Å². The Labute approximate surface area is 121 Å². The Morgan fingerprint density at radius 1 is 1.52 bits per heavy atom. The zero-order valence-electron chi connectivity index (χ0n) is 10.6. The number of aromatic nitrogens is 2. The van der Waals surface area contributed by atoms with E-state index in [2.05, 4.69) is 20.3 Å². The molecule has 2 amide bonds. The summed E-state index contributed by atoms with van der Waals surface area (Å²) in [6, 6.07) is -0.866. The van der Waals surface area contributed by atoms with Crippen molar-refractivity contribution >= 4 is 28.5 Å². The third-order valence-corrected chi connectivity index (χ3v) is 3.35. The van der Waals surface area contributed by atoms with Gasteiger partial charge in [-0.25, -0.2) is 4.79 Å². The monoisotopic (exact) mass is 324 g/mol. The molecule has 1 fully saturated rings. The largest absolute Gasteiger partial charge is 0.440 e. The number of hydrogen-bond donors (Lipinski definition) is 1. The fraction of sp³-hybridized carbons (Fsp3) is 0.600. The Balaban J connectivity index is 1.93. The van der Waals surface area contributed by atoms with Gasteiger partial charge in [0, 0.05) is 6.54 Å². The van der Waals surface area contributed by atoms with E-state index in [9.17, 15) is 22.8 Å². The molecule has 0 spiro atoms. The lowest BCUT2D eigenvalue weighted by atomic mass is 10.2. The number of amides is 2. The van der Waals surface area contributed by atoms with Crippen molar-refractivity contribution in [3.8, 4) is 0 Å². The van der Waals surface area contributed by atoms with Crippen LogP contribution in [0.3, 0.4) is 0 Å². The fourth-order valence-electron chi connectivity index (χ4n) is 1.90. The van der Waals surface area contributed by atoms with E-state index in [4.69, 9.17) is 0 Å². The lowest BCUT2D eigenvalue weighted by molar-refractivity contribution is -0.162. The number of carbonyl (C=O) groups is 2. The summed E-state index contributed by atoms with van der Waals surface area (Å²) in [5, 5.41) is 9.87. The van der Waals surface area contributed by atoms with Crippen LogP contribution in [0.15, 0.2) is 5.51 Å². The number of ether oxygens (including phenoxy) is 1. The molecule has 1 saturated heterocycles. The first-order valence-corrected chi connectivity index (χ1v) is 6.82. The lowest BCUT2D eigenvalue weighted by Crippen LogP contribution is -2.44. The minimum atomic E-state index is -4.60. The van der Waals surface area contributed by atoms with Gasteiger partial charge < -0.3 is 4.74 Å². The van der Waals surface area contributed by atoms with Gasteiger partial charge in [-0.1, -0.05) is 11.3 Å². The van der Waals surface area contributed by atoms with Crippen LogP contribution >= 0.6 is 11.3 Å². The van der Waals surface area contributed by atoms with E-state index >= 15 is 0 Å². The van der Waals surface area contributed by atoms with Gasteiger partial charge in [0.05, 0.1) is 0 Å². The maximum Gasteiger partial charge on any atom is 0.422 e. The molecule has 2 heterocycles. The molecule has 116 valence electrons. The molecule has 0 radical (unpaired) electrons. The number of carbonyl (C=O) groups excluding carboxylic acids is 2. The highest BCUT2D eigenvalue weighted by atomic mass is 32.1. The Morgan fingerprint density at radius 3 is 2.90 bits per heavy atom. The van der Waals surface area contributed by atoms with E-state index in [0.717, 1.165) is 16.2 Å². The summed E-state index contributed by atoms with van der Waals surface area (Å²) in [6.45, 7) is -1.50. The van der Waals surface area contributed by atoms with Gasteiger partial charge in [-0.2, -0.15) is 13.2 Å². The van der Waals surface area contributed by atoms with E-state index in [-0.39, 0.29) is 11.7 Å². The second-order valence-electron chi connectivity index (χ2n) is 4.25. The molecule has 1 aliphatic rings. The summed E-state index contributed by atoms with van der Waals surface area (Å²) < 4.78 is 40.2. The highest BCUT2D eigenvalue weighted by molar-refractivity contribution is 7.13. The highest BCUT2D eigenvalue weighted by Gasteiger charge is 2.37. The van der Waals surface area contributed by atoms with Gasteiger partial charge in [0.2, 0.25) is 11.0 Å². The zero-order chi connectivity index (χ0) is 15.5. The molecule has 1 atom stereocenters. The van der Waals surface area contributed by atoms with Crippen LogP contribution < -0.4 is 5.32 Å². The summed E-state index contributed by atoms with van der Waals surface area (Å²) in [6.07, 6.45) is -4.89. The Bertz CT molecular complexity index is 508. The predicted molar refractivity (Wildman–Crippen MR) is 65.7 cm³/mol. The Morgan fingerprint density at radius 2 is 2.29 bits per heavy atom. The van der Waals surface area contributed by atoms with Gasteiger partial charge in [-0.15, -0.1) is 10.2 Å². The Kier molecular flexibility index (Phi) is 4.60. The van der Waals surface area contributed by atoms with Crippen LogP contribution in [0.5, 0.6) is 0 Å². The average molecular weight is 324 g/mol. The molecule has 11 heteroatoms. The number of alkyl halides is 3. The second-order valence-corrected chi connectivity index (χ2v) is 5.09. The minimum Gasteiger partial charge on any atom is -0.440 e. The molecule has 0 aliphatic carbocycles. The topological polar surface area (TPSA) is 84.4 Å². The number of anilines is 1. The normalized spacial score (nSPS) is 18.6. The van der Waals surface area contributed by atoms with Gasteiger partial charge in [0.15, 0.2) is 6.61 Å². The highest BCUT2D eigenvalue weighted by Crippen LogP contribution is 2.22. The first-order chi connectivity index (χ1) is 9.87. The molecule has 0 bridgehead atoms. The number of nitrogens with one attached hydrogen (secondary N) is 1. The molecule has 1 aromatic rings. The van der Waals surface area contributed by atoms with Crippen LogP contribution in [-0.2, 0) is 9.53 Å². The molecule has 1 N–H and O–H groups in total. The van der Waals surface area contributed by atoms with Gasteiger partial charge >= 0.3 is 12.3 Å².